The Morgan fingerprint density at radius 3 is 0.829 bits per heavy atom. The second-order valence-corrected chi connectivity index (χ2v) is 20.9. The van der Waals surface area contributed by atoms with Crippen molar-refractivity contribution >= 4 is 17.9 Å². The standard InChI is InChI=1S/C70H118O6/c1-4-7-10-13-16-18-20-22-24-26-28-30-31-32-33-34-35-36-37-38-39-41-42-44-46-48-50-52-54-57-60-63-69(72)75-66-67(65-74-68(71)62-59-56-15-12-9-6-3)76-70(73)64-61-58-55-53-51-49-47-45-43-40-29-27-25-23-21-19-17-14-11-8-5-2/h8,11,17,19-20,22-23,25-26,28-29,31-32,40,45,47,51,53,67H,4-7,9-10,12-16,18,21,24,27,30,33-39,41-44,46,48-50,52,54-66H2,1-3H3/b11-8-,19-17-,22-20-,25-23-,28-26-,32-31-,40-29-,47-45-,53-51-. The first-order chi connectivity index (χ1) is 37.5. The minimum atomic E-state index is -0.799. The molecule has 0 aromatic carbocycles. The largest absolute Gasteiger partial charge is 0.462 e. The van der Waals surface area contributed by atoms with Gasteiger partial charge in [-0.1, -0.05) is 278 Å². The molecule has 6 nitrogen and oxygen atoms in total. The van der Waals surface area contributed by atoms with Crippen molar-refractivity contribution in [3.05, 3.63) is 109 Å². The molecule has 0 aliphatic carbocycles. The molecular weight excluding hydrogens is 937 g/mol. The molecule has 0 aliphatic rings. The minimum absolute atomic E-state index is 0.0950. The molecular formula is C70H118O6. The summed E-state index contributed by atoms with van der Waals surface area (Å²) in [6.07, 6.45) is 87.1. The lowest BCUT2D eigenvalue weighted by Crippen LogP contribution is -2.30. The van der Waals surface area contributed by atoms with Crippen LogP contribution in [0.5, 0.6) is 0 Å². The van der Waals surface area contributed by atoms with E-state index in [1.54, 1.807) is 0 Å². The van der Waals surface area contributed by atoms with Gasteiger partial charge in [0.1, 0.15) is 13.2 Å². The van der Waals surface area contributed by atoms with Crippen LogP contribution in [-0.4, -0.2) is 37.2 Å². The molecule has 1 atom stereocenters. The second kappa shape index (κ2) is 63.6. The third-order valence-electron chi connectivity index (χ3n) is 13.5. The first kappa shape index (κ1) is 72.1. The van der Waals surface area contributed by atoms with E-state index in [1.807, 2.05) is 0 Å². The van der Waals surface area contributed by atoms with Gasteiger partial charge < -0.3 is 14.2 Å². The number of esters is 3. The average molecular weight is 1060 g/mol. The van der Waals surface area contributed by atoms with Gasteiger partial charge in [-0.2, -0.15) is 0 Å². The van der Waals surface area contributed by atoms with Gasteiger partial charge in [-0.15, -0.1) is 0 Å². The van der Waals surface area contributed by atoms with Gasteiger partial charge in [0.15, 0.2) is 6.10 Å². The first-order valence-corrected chi connectivity index (χ1v) is 31.9. The van der Waals surface area contributed by atoms with Crippen molar-refractivity contribution in [2.75, 3.05) is 13.2 Å². The zero-order chi connectivity index (χ0) is 55.0. The molecule has 0 bridgehead atoms. The average Bonchev–Trinajstić information content (AvgIpc) is 3.42. The summed E-state index contributed by atoms with van der Waals surface area (Å²) in [5.74, 6) is -0.945. The number of carbonyl (C=O) groups is 3. The van der Waals surface area contributed by atoms with Gasteiger partial charge in [0, 0.05) is 19.3 Å². The predicted molar refractivity (Wildman–Crippen MR) is 330 cm³/mol. The van der Waals surface area contributed by atoms with Crippen molar-refractivity contribution in [2.24, 2.45) is 0 Å². The summed E-state index contributed by atoms with van der Waals surface area (Å²) in [7, 11) is 0. The number of unbranched alkanes of at least 4 members (excludes halogenated alkanes) is 28. The van der Waals surface area contributed by atoms with Crippen LogP contribution in [0.3, 0.4) is 0 Å². The van der Waals surface area contributed by atoms with Crippen LogP contribution in [-0.2, 0) is 28.6 Å². The summed E-state index contributed by atoms with van der Waals surface area (Å²) in [5, 5.41) is 0. The van der Waals surface area contributed by atoms with Gasteiger partial charge in [-0.3, -0.25) is 14.4 Å². The molecule has 0 rings (SSSR count). The number of allylic oxidation sites excluding steroid dienone is 18. The highest BCUT2D eigenvalue weighted by atomic mass is 16.6. The normalized spacial score (nSPS) is 12.8. The van der Waals surface area contributed by atoms with E-state index in [9.17, 15) is 14.4 Å². The Bertz CT molecular complexity index is 1540. The highest BCUT2D eigenvalue weighted by molar-refractivity contribution is 5.71. The van der Waals surface area contributed by atoms with E-state index in [0.29, 0.717) is 19.3 Å². The van der Waals surface area contributed by atoms with Crippen LogP contribution in [0.15, 0.2) is 109 Å². The smallest absolute Gasteiger partial charge is 0.306 e. The lowest BCUT2D eigenvalue weighted by molar-refractivity contribution is -0.167. The monoisotopic (exact) mass is 1050 g/mol. The molecule has 76 heavy (non-hydrogen) atoms. The van der Waals surface area contributed by atoms with Crippen molar-refractivity contribution in [2.45, 2.75) is 303 Å². The summed E-state index contributed by atoms with van der Waals surface area (Å²) in [5.41, 5.74) is 0. The molecule has 0 aromatic heterocycles. The summed E-state index contributed by atoms with van der Waals surface area (Å²) >= 11 is 0. The van der Waals surface area contributed by atoms with Crippen LogP contribution >= 0.6 is 0 Å². The summed E-state index contributed by atoms with van der Waals surface area (Å²) in [6, 6.07) is 0. The lowest BCUT2D eigenvalue weighted by Gasteiger charge is -2.18. The Balaban J connectivity index is 4.11. The first-order valence-electron chi connectivity index (χ1n) is 31.9. The van der Waals surface area contributed by atoms with E-state index >= 15 is 0 Å². The molecule has 0 fully saturated rings. The van der Waals surface area contributed by atoms with Crippen LogP contribution in [0.25, 0.3) is 0 Å². The molecule has 0 heterocycles. The topological polar surface area (TPSA) is 78.9 Å². The number of ether oxygens (including phenoxy) is 3. The highest BCUT2D eigenvalue weighted by Crippen LogP contribution is 2.16. The summed E-state index contributed by atoms with van der Waals surface area (Å²) in [4.78, 5) is 38.0. The van der Waals surface area contributed by atoms with Crippen molar-refractivity contribution in [3.8, 4) is 0 Å². The molecule has 6 heteroatoms. The zero-order valence-corrected chi connectivity index (χ0v) is 49.7. The van der Waals surface area contributed by atoms with E-state index in [0.717, 1.165) is 103 Å². The molecule has 0 N–H and O–H groups in total. The molecule has 0 aliphatic heterocycles. The van der Waals surface area contributed by atoms with E-state index in [-0.39, 0.29) is 37.5 Å². The van der Waals surface area contributed by atoms with Gasteiger partial charge >= 0.3 is 17.9 Å². The van der Waals surface area contributed by atoms with Crippen molar-refractivity contribution in [1.82, 2.24) is 0 Å². The van der Waals surface area contributed by atoms with Crippen molar-refractivity contribution < 1.29 is 28.6 Å². The molecule has 1 unspecified atom stereocenters. The maximum Gasteiger partial charge on any atom is 0.306 e. The maximum atomic E-state index is 12.8. The Labute approximate surface area is 470 Å². The van der Waals surface area contributed by atoms with Crippen LogP contribution < -0.4 is 0 Å². The molecule has 0 radical (unpaired) electrons. The van der Waals surface area contributed by atoms with E-state index < -0.39 is 6.10 Å². The van der Waals surface area contributed by atoms with Crippen LogP contribution in [0.2, 0.25) is 0 Å². The molecule has 434 valence electrons. The lowest BCUT2D eigenvalue weighted by atomic mass is 10.0. The molecule has 0 saturated heterocycles. The third kappa shape index (κ3) is 60.9. The highest BCUT2D eigenvalue weighted by Gasteiger charge is 2.19. The number of hydrogen-bond acceptors (Lipinski definition) is 6. The van der Waals surface area contributed by atoms with Gasteiger partial charge in [0.25, 0.3) is 0 Å². The number of carbonyl (C=O) groups excluding carboxylic acids is 3. The number of rotatable bonds is 57. The van der Waals surface area contributed by atoms with E-state index in [4.69, 9.17) is 14.2 Å². The Morgan fingerprint density at radius 2 is 0.513 bits per heavy atom. The van der Waals surface area contributed by atoms with Gasteiger partial charge in [0.2, 0.25) is 0 Å². The SMILES string of the molecule is CC/C=C\C/C=C\C/C=C\C/C=C\C/C=C\C/C=C\CCCCC(=O)OC(COC(=O)CCCCCCCC)COC(=O)CCCCCCCCCCCCCCCCCC/C=C\C/C=C\C/C=C\CCCCCCC. The number of hydrogen-bond donors (Lipinski definition) is 0. The van der Waals surface area contributed by atoms with Crippen LogP contribution in [0.1, 0.15) is 297 Å². The fourth-order valence-electron chi connectivity index (χ4n) is 8.75. The molecule has 0 aromatic rings. The van der Waals surface area contributed by atoms with Crippen molar-refractivity contribution in [1.29, 1.82) is 0 Å². The van der Waals surface area contributed by atoms with Gasteiger partial charge in [-0.25, -0.2) is 0 Å². The van der Waals surface area contributed by atoms with E-state index in [2.05, 4.69) is 130 Å². The zero-order valence-electron chi connectivity index (χ0n) is 49.7. The quantitative estimate of drug-likeness (QED) is 0.0261. The second-order valence-electron chi connectivity index (χ2n) is 20.9. The molecule has 0 spiro atoms. The Kier molecular flexibility index (Phi) is 60.3. The fraction of sp³-hybridized carbons (Fsp3) is 0.700. The summed E-state index contributed by atoms with van der Waals surface area (Å²) in [6.45, 7) is 6.43. The van der Waals surface area contributed by atoms with Crippen LogP contribution in [0, 0.1) is 0 Å². The minimum Gasteiger partial charge on any atom is -0.462 e. The predicted octanol–water partition coefficient (Wildman–Crippen LogP) is 21.8. The summed E-state index contributed by atoms with van der Waals surface area (Å²) < 4.78 is 16.8. The third-order valence-corrected chi connectivity index (χ3v) is 13.5. The van der Waals surface area contributed by atoms with Gasteiger partial charge in [0.05, 0.1) is 0 Å². The molecule has 0 amide bonds. The fourth-order valence-corrected chi connectivity index (χ4v) is 8.75. The van der Waals surface area contributed by atoms with Crippen LogP contribution in [0.4, 0.5) is 0 Å². The van der Waals surface area contributed by atoms with Crippen molar-refractivity contribution in [3.63, 3.8) is 0 Å². The van der Waals surface area contributed by atoms with E-state index in [1.165, 1.54) is 148 Å². The molecule has 0 saturated carbocycles. The Hall–Kier alpha value is -3.93. The van der Waals surface area contributed by atoms with Gasteiger partial charge in [-0.05, 0) is 109 Å². The maximum absolute atomic E-state index is 12.8. The Morgan fingerprint density at radius 1 is 0.276 bits per heavy atom.